The fraction of sp³-hybridized carbons (Fsp3) is 0.615. The lowest BCUT2D eigenvalue weighted by Crippen LogP contribution is -2.07. The number of carboxylic acid groups (broad SMARTS) is 1. The van der Waals surface area contributed by atoms with Gasteiger partial charge in [0.1, 0.15) is 0 Å². The predicted molar refractivity (Wildman–Crippen MR) is 68.0 cm³/mol. The normalized spacial score (nSPS) is 10.3. The van der Waals surface area contributed by atoms with Crippen LogP contribution in [0, 0.1) is 6.92 Å². The van der Waals surface area contributed by atoms with E-state index >= 15 is 0 Å². The lowest BCUT2D eigenvalue weighted by atomic mass is 10.2. The molecule has 0 fully saturated rings. The maximum Gasteiger partial charge on any atom is 0.354 e. The largest absolute Gasteiger partial charge is 0.477 e. The smallest absolute Gasteiger partial charge is 0.354 e. The summed E-state index contributed by atoms with van der Waals surface area (Å²) in [6.07, 6.45) is 5.72. The molecule has 1 aromatic heterocycles. The van der Waals surface area contributed by atoms with Gasteiger partial charge >= 0.3 is 12.0 Å². The summed E-state index contributed by atoms with van der Waals surface area (Å²) in [5.74, 6) is -1.06. The Balaban J connectivity index is 2.40. The second kappa shape index (κ2) is 7.63. The van der Waals surface area contributed by atoms with Crippen LogP contribution in [0.5, 0.6) is 6.01 Å². The Bertz CT molecular complexity index is 394. The zero-order chi connectivity index (χ0) is 13.4. The van der Waals surface area contributed by atoms with Crippen LogP contribution in [-0.2, 0) is 0 Å². The Labute approximate surface area is 107 Å². The van der Waals surface area contributed by atoms with Crippen molar-refractivity contribution in [1.29, 1.82) is 0 Å². The molecule has 0 aliphatic rings. The molecule has 0 spiro atoms. The molecule has 0 saturated carbocycles. The number of carboxylic acids is 1. The maximum atomic E-state index is 10.8. The molecule has 1 aromatic rings. The van der Waals surface area contributed by atoms with Gasteiger partial charge in [0.15, 0.2) is 5.69 Å². The first-order valence-corrected chi connectivity index (χ1v) is 6.35. The van der Waals surface area contributed by atoms with Gasteiger partial charge in [-0.3, -0.25) is 0 Å². The van der Waals surface area contributed by atoms with Crippen LogP contribution in [0.3, 0.4) is 0 Å². The van der Waals surface area contributed by atoms with Gasteiger partial charge in [0, 0.05) is 5.69 Å². The molecule has 5 nitrogen and oxygen atoms in total. The number of carbonyl (C=O) groups is 1. The highest BCUT2D eigenvalue weighted by Gasteiger charge is 2.09. The molecule has 0 aromatic carbocycles. The van der Waals surface area contributed by atoms with E-state index in [2.05, 4.69) is 16.9 Å². The van der Waals surface area contributed by atoms with Crippen LogP contribution in [-0.4, -0.2) is 27.7 Å². The number of nitrogens with zero attached hydrogens (tertiary/aromatic N) is 2. The SMILES string of the molecule is CCCCCCCOc1nc(C)cc(C(=O)O)n1. The molecule has 1 rings (SSSR count). The first-order chi connectivity index (χ1) is 8.63. The van der Waals surface area contributed by atoms with Gasteiger partial charge in [0.2, 0.25) is 0 Å². The summed E-state index contributed by atoms with van der Waals surface area (Å²) < 4.78 is 5.37. The Hall–Kier alpha value is -1.65. The average molecular weight is 252 g/mol. The Morgan fingerprint density at radius 2 is 2.00 bits per heavy atom. The quantitative estimate of drug-likeness (QED) is 0.720. The zero-order valence-corrected chi connectivity index (χ0v) is 11.0. The summed E-state index contributed by atoms with van der Waals surface area (Å²) in [4.78, 5) is 18.7. The molecule has 0 aliphatic carbocycles. The molecule has 18 heavy (non-hydrogen) atoms. The van der Waals surface area contributed by atoms with Gasteiger partial charge in [-0.05, 0) is 19.4 Å². The fourth-order valence-corrected chi connectivity index (χ4v) is 1.58. The van der Waals surface area contributed by atoms with Gasteiger partial charge in [0.25, 0.3) is 0 Å². The lowest BCUT2D eigenvalue weighted by Gasteiger charge is -2.05. The summed E-state index contributed by atoms with van der Waals surface area (Å²) in [7, 11) is 0. The number of aromatic carboxylic acids is 1. The van der Waals surface area contributed by atoms with Crippen LogP contribution in [0.25, 0.3) is 0 Å². The number of ether oxygens (including phenoxy) is 1. The molecule has 0 amide bonds. The fourth-order valence-electron chi connectivity index (χ4n) is 1.58. The summed E-state index contributed by atoms with van der Waals surface area (Å²) in [6.45, 7) is 4.43. The maximum absolute atomic E-state index is 10.8. The Morgan fingerprint density at radius 1 is 1.28 bits per heavy atom. The number of unbranched alkanes of at least 4 members (excludes halogenated alkanes) is 4. The van der Waals surface area contributed by atoms with E-state index in [0.29, 0.717) is 12.3 Å². The third kappa shape index (κ3) is 5.12. The van der Waals surface area contributed by atoms with Crippen LogP contribution in [0.1, 0.15) is 55.2 Å². The van der Waals surface area contributed by atoms with Gasteiger partial charge in [-0.25, -0.2) is 9.78 Å². The minimum Gasteiger partial charge on any atom is -0.477 e. The molecule has 0 atom stereocenters. The number of aryl methyl sites for hydroxylation is 1. The summed E-state index contributed by atoms with van der Waals surface area (Å²) in [6, 6.07) is 1.58. The summed E-state index contributed by atoms with van der Waals surface area (Å²) in [5, 5.41) is 8.86. The van der Waals surface area contributed by atoms with Crippen molar-refractivity contribution in [2.45, 2.75) is 46.0 Å². The monoisotopic (exact) mass is 252 g/mol. The van der Waals surface area contributed by atoms with Crippen LogP contribution in [0.4, 0.5) is 0 Å². The van der Waals surface area contributed by atoms with Crippen molar-refractivity contribution in [3.05, 3.63) is 17.5 Å². The van der Waals surface area contributed by atoms with Crippen molar-refractivity contribution in [1.82, 2.24) is 9.97 Å². The summed E-state index contributed by atoms with van der Waals surface area (Å²) in [5.41, 5.74) is 0.576. The minimum atomic E-state index is -1.06. The van der Waals surface area contributed by atoms with Gasteiger partial charge in [0.05, 0.1) is 6.61 Å². The van der Waals surface area contributed by atoms with Crippen molar-refractivity contribution in [3.63, 3.8) is 0 Å². The average Bonchev–Trinajstić information content (AvgIpc) is 2.33. The molecule has 0 radical (unpaired) electrons. The van der Waals surface area contributed by atoms with E-state index in [9.17, 15) is 4.79 Å². The molecule has 0 saturated heterocycles. The Kier molecular flexibility index (Phi) is 6.11. The zero-order valence-electron chi connectivity index (χ0n) is 11.0. The highest BCUT2D eigenvalue weighted by atomic mass is 16.5. The number of hydrogen-bond donors (Lipinski definition) is 1. The molecule has 0 unspecified atom stereocenters. The number of hydrogen-bond acceptors (Lipinski definition) is 4. The predicted octanol–water partition coefficient (Wildman–Crippen LogP) is 2.83. The van der Waals surface area contributed by atoms with E-state index < -0.39 is 5.97 Å². The van der Waals surface area contributed by atoms with Crippen molar-refractivity contribution in [3.8, 4) is 6.01 Å². The molecule has 100 valence electrons. The second-order valence-corrected chi connectivity index (χ2v) is 4.24. The van der Waals surface area contributed by atoms with Crippen molar-refractivity contribution >= 4 is 5.97 Å². The third-order valence-corrected chi connectivity index (χ3v) is 2.53. The van der Waals surface area contributed by atoms with E-state index in [1.165, 1.54) is 25.3 Å². The van der Waals surface area contributed by atoms with Gasteiger partial charge in [-0.15, -0.1) is 0 Å². The first-order valence-electron chi connectivity index (χ1n) is 6.35. The Morgan fingerprint density at radius 3 is 2.67 bits per heavy atom. The van der Waals surface area contributed by atoms with E-state index in [-0.39, 0.29) is 11.7 Å². The van der Waals surface area contributed by atoms with Gasteiger partial charge in [-0.1, -0.05) is 32.6 Å². The molecular weight excluding hydrogens is 232 g/mol. The molecule has 1 N–H and O–H groups in total. The van der Waals surface area contributed by atoms with Gasteiger partial charge in [-0.2, -0.15) is 4.98 Å². The highest BCUT2D eigenvalue weighted by molar-refractivity contribution is 5.85. The van der Waals surface area contributed by atoms with Crippen molar-refractivity contribution in [2.24, 2.45) is 0 Å². The van der Waals surface area contributed by atoms with E-state index in [0.717, 1.165) is 12.8 Å². The molecular formula is C13H20N2O3. The van der Waals surface area contributed by atoms with Crippen LogP contribution in [0.15, 0.2) is 6.07 Å². The van der Waals surface area contributed by atoms with Crippen LogP contribution < -0.4 is 4.74 Å². The number of aromatic nitrogens is 2. The molecule has 0 aliphatic heterocycles. The second-order valence-electron chi connectivity index (χ2n) is 4.24. The molecule has 5 heteroatoms. The van der Waals surface area contributed by atoms with E-state index in [1.54, 1.807) is 6.92 Å². The van der Waals surface area contributed by atoms with E-state index in [1.807, 2.05) is 0 Å². The number of rotatable bonds is 8. The van der Waals surface area contributed by atoms with Gasteiger partial charge < -0.3 is 9.84 Å². The first kappa shape index (κ1) is 14.4. The van der Waals surface area contributed by atoms with Crippen molar-refractivity contribution in [2.75, 3.05) is 6.61 Å². The lowest BCUT2D eigenvalue weighted by molar-refractivity contribution is 0.0688. The van der Waals surface area contributed by atoms with Crippen molar-refractivity contribution < 1.29 is 14.6 Å². The topological polar surface area (TPSA) is 72.3 Å². The van der Waals surface area contributed by atoms with Crippen LogP contribution >= 0.6 is 0 Å². The van der Waals surface area contributed by atoms with Crippen LogP contribution in [0.2, 0.25) is 0 Å². The highest BCUT2D eigenvalue weighted by Crippen LogP contribution is 2.08. The molecule has 0 bridgehead atoms. The third-order valence-electron chi connectivity index (χ3n) is 2.53. The molecule has 1 heterocycles. The van der Waals surface area contributed by atoms with E-state index in [4.69, 9.17) is 9.84 Å². The minimum absolute atomic E-state index is 0.0246. The summed E-state index contributed by atoms with van der Waals surface area (Å²) >= 11 is 0. The standard InChI is InChI=1S/C13H20N2O3/c1-3-4-5-6-7-8-18-13-14-10(2)9-11(15-13)12(16)17/h9H,3-8H2,1-2H3,(H,16,17).